The van der Waals surface area contributed by atoms with Gasteiger partial charge in [-0.2, -0.15) is 0 Å². The van der Waals surface area contributed by atoms with Gasteiger partial charge in [0.2, 0.25) is 0 Å². The highest BCUT2D eigenvalue weighted by atomic mass is 127. The van der Waals surface area contributed by atoms with E-state index in [1.54, 1.807) is 0 Å². The van der Waals surface area contributed by atoms with Crippen molar-refractivity contribution in [1.82, 2.24) is 20.0 Å². The minimum atomic E-state index is 0. The number of nitrogens with zero attached hydrogens (tertiary/aromatic N) is 4. The molecule has 3 heterocycles. The molecule has 1 N–H and O–H groups in total. The maximum Gasteiger partial charge on any atom is 0.193 e. The van der Waals surface area contributed by atoms with E-state index in [1.807, 2.05) is 0 Å². The molecule has 0 aromatic rings. The molecule has 6 nitrogen and oxygen atoms in total. The number of halogens is 1. The van der Waals surface area contributed by atoms with E-state index in [9.17, 15) is 0 Å². The van der Waals surface area contributed by atoms with Gasteiger partial charge in [0.05, 0.1) is 13.2 Å². The third kappa shape index (κ3) is 7.61. The van der Waals surface area contributed by atoms with E-state index in [-0.39, 0.29) is 24.0 Å². The topological polar surface area (TPSA) is 43.3 Å². The highest BCUT2D eigenvalue weighted by Gasteiger charge is 2.30. The van der Waals surface area contributed by atoms with Crippen LogP contribution < -0.4 is 5.32 Å². The summed E-state index contributed by atoms with van der Waals surface area (Å²) in [7, 11) is 0. The maximum absolute atomic E-state index is 5.50. The minimum Gasteiger partial charge on any atom is -0.379 e. The van der Waals surface area contributed by atoms with E-state index in [0.717, 1.165) is 64.4 Å². The first-order valence-corrected chi connectivity index (χ1v) is 11.3. The molecule has 3 fully saturated rings. The molecule has 0 aliphatic carbocycles. The fourth-order valence-electron chi connectivity index (χ4n) is 4.72. The summed E-state index contributed by atoms with van der Waals surface area (Å²) in [5.41, 5.74) is 0. The summed E-state index contributed by atoms with van der Waals surface area (Å²) in [5.74, 6) is 2.01. The minimum absolute atomic E-state index is 0. The van der Waals surface area contributed by atoms with Crippen LogP contribution in [-0.4, -0.2) is 98.8 Å². The van der Waals surface area contributed by atoms with E-state index >= 15 is 0 Å². The zero-order valence-corrected chi connectivity index (χ0v) is 20.4. The number of piperidine rings is 1. The van der Waals surface area contributed by atoms with Gasteiger partial charge in [-0.05, 0) is 58.0 Å². The fourth-order valence-corrected chi connectivity index (χ4v) is 4.72. The van der Waals surface area contributed by atoms with Gasteiger partial charge in [0.25, 0.3) is 0 Å². The molecule has 0 aromatic heterocycles. The Balaban J connectivity index is 0.00000280. The van der Waals surface area contributed by atoms with Crippen LogP contribution in [0.4, 0.5) is 0 Å². The largest absolute Gasteiger partial charge is 0.379 e. The van der Waals surface area contributed by atoms with Crippen LogP contribution in [0.25, 0.3) is 0 Å². The van der Waals surface area contributed by atoms with Crippen molar-refractivity contribution < 1.29 is 4.74 Å². The molecule has 2 atom stereocenters. The number of hydrogen-bond acceptors (Lipinski definition) is 4. The van der Waals surface area contributed by atoms with Crippen molar-refractivity contribution in [3.63, 3.8) is 0 Å². The number of guanidine groups is 1. The van der Waals surface area contributed by atoms with Crippen LogP contribution in [0.15, 0.2) is 4.99 Å². The van der Waals surface area contributed by atoms with Crippen molar-refractivity contribution >= 4 is 29.9 Å². The number of aliphatic imine (C=N–C) groups is 1. The molecule has 0 aromatic carbocycles. The summed E-state index contributed by atoms with van der Waals surface area (Å²) < 4.78 is 5.50. The number of morpholine rings is 1. The predicted molar refractivity (Wildman–Crippen MR) is 128 cm³/mol. The Bertz CT molecular complexity index is 458. The van der Waals surface area contributed by atoms with Gasteiger partial charge >= 0.3 is 0 Å². The van der Waals surface area contributed by atoms with Crippen LogP contribution in [0.1, 0.15) is 46.0 Å². The molecular formula is C21H42IN5O. The second-order valence-corrected chi connectivity index (χ2v) is 8.53. The first-order valence-electron chi connectivity index (χ1n) is 11.3. The summed E-state index contributed by atoms with van der Waals surface area (Å²) in [5, 5.41) is 3.52. The molecule has 0 spiro atoms. The molecule has 3 saturated heterocycles. The molecule has 2 unspecified atom stereocenters. The number of nitrogens with one attached hydrogen (secondary N) is 1. The van der Waals surface area contributed by atoms with Crippen LogP contribution in [0.2, 0.25) is 0 Å². The van der Waals surface area contributed by atoms with Crippen molar-refractivity contribution in [2.24, 2.45) is 10.9 Å². The highest BCUT2D eigenvalue weighted by Crippen LogP contribution is 2.18. The van der Waals surface area contributed by atoms with Crippen molar-refractivity contribution in [2.75, 3.05) is 72.1 Å². The summed E-state index contributed by atoms with van der Waals surface area (Å²) in [4.78, 5) is 12.7. The van der Waals surface area contributed by atoms with Gasteiger partial charge in [0.1, 0.15) is 0 Å². The lowest BCUT2D eigenvalue weighted by Gasteiger charge is -2.32. The average Bonchev–Trinajstić information content (AvgIpc) is 3.18. The smallest absolute Gasteiger partial charge is 0.193 e. The van der Waals surface area contributed by atoms with Gasteiger partial charge in [-0.15, -0.1) is 24.0 Å². The van der Waals surface area contributed by atoms with Crippen molar-refractivity contribution in [3.05, 3.63) is 0 Å². The zero-order valence-electron chi connectivity index (χ0n) is 18.1. The predicted octanol–water partition coefficient (Wildman–Crippen LogP) is 2.49. The number of likely N-dealkylation sites (tertiary alicyclic amines) is 2. The summed E-state index contributed by atoms with van der Waals surface area (Å²) in [6.07, 6.45) is 6.50. The molecule has 3 aliphatic rings. The summed E-state index contributed by atoms with van der Waals surface area (Å²) in [6, 6.07) is 0.666. The van der Waals surface area contributed by atoms with Crippen molar-refractivity contribution in [3.8, 4) is 0 Å². The third-order valence-electron chi connectivity index (χ3n) is 6.25. The van der Waals surface area contributed by atoms with Gasteiger partial charge in [-0.1, -0.05) is 6.92 Å². The molecule has 0 saturated carbocycles. The second kappa shape index (κ2) is 13.2. The van der Waals surface area contributed by atoms with E-state index in [4.69, 9.17) is 9.73 Å². The highest BCUT2D eigenvalue weighted by molar-refractivity contribution is 14.0. The first kappa shape index (κ1) is 24.2. The Kier molecular flexibility index (Phi) is 11.4. The Hall–Kier alpha value is -0.120. The Labute approximate surface area is 189 Å². The maximum atomic E-state index is 5.50. The van der Waals surface area contributed by atoms with Crippen LogP contribution in [0.5, 0.6) is 0 Å². The van der Waals surface area contributed by atoms with Crippen LogP contribution in [0.3, 0.4) is 0 Å². The fraction of sp³-hybridized carbons (Fsp3) is 0.952. The van der Waals surface area contributed by atoms with E-state index in [1.165, 1.54) is 51.7 Å². The van der Waals surface area contributed by atoms with Crippen molar-refractivity contribution in [2.45, 2.75) is 52.0 Å². The molecule has 164 valence electrons. The SMILES string of the molecule is CCNC(=NCCCCN1CCCC(C)C1)N1CCC(N2CCOCC2)C1.I. The summed E-state index contributed by atoms with van der Waals surface area (Å²) in [6.45, 7) is 16.5. The average molecular weight is 508 g/mol. The number of rotatable bonds is 7. The van der Waals surface area contributed by atoms with Gasteiger partial charge in [-0.25, -0.2) is 0 Å². The van der Waals surface area contributed by atoms with E-state index in [2.05, 4.69) is 33.9 Å². The second-order valence-electron chi connectivity index (χ2n) is 8.53. The number of hydrogen-bond donors (Lipinski definition) is 1. The normalized spacial score (nSPS) is 27.6. The van der Waals surface area contributed by atoms with Gasteiger partial charge in [0.15, 0.2) is 5.96 Å². The molecule has 0 radical (unpaired) electrons. The lowest BCUT2D eigenvalue weighted by molar-refractivity contribution is 0.0195. The third-order valence-corrected chi connectivity index (χ3v) is 6.25. The molecular weight excluding hydrogens is 465 g/mol. The Morgan fingerprint density at radius 1 is 1.07 bits per heavy atom. The standard InChI is InChI=1S/C21H41N5O.HI/c1-3-22-21(23-9-4-5-10-24-11-6-7-19(2)17-24)26-12-8-20(18-26)25-13-15-27-16-14-25;/h19-20H,3-18H2,1-2H3,(H,22,23);1H. The number of unbranched alkanes of at least 4 members (excludes halogenated alkanes) is 1. The first-order chi connectivity index (χ1) is 13.3. The van der Waals surface area contributed by atoms with Crippen LogP contribution in [-0.2, 0) is 4.74 Å². The van der Waals surface area contributed by atoms with Gasteiger partial charge in [-0.3, -0.25) is 9.89 Å². The van der Waals surface area contributed by atoms with Crippen LogP contribution >= 0.6 is 24.0 Å². The van der Waals surface area contributed by atoms with Crippen LogP contribution in [0, 0.1) is 5.92 Å². The van der Waals surface area contributed by atoms with Crippen molar-refractivity contribution in [1.29, 1.82) is 0 Å². The molecule has 28 heavy (non-hydrogen) atoms. The lowest BCUT2D eigenvalue weighted by atomic mass is 10.0. The van der Waals surface area contributed by atoms with E-state index in [0.29, 0.717) is 6.04 Å². The number of ether oxygens (including phenoxy) is 1. The monoisotopic (exact) mass is 507 g/mol. The zero-order chi connectivity index (χ0) is 18.9. The van der Waals surface area contributed by atoms with Gasteiger partial charge in [0, 0.05) is 51.9 Å². The molecule has 7 heteroatoms. The Morgan fingerprint density at radius 2 is 1.89 bits per heavy atom. The molecule has 0 bridgehead atoms. The lowest BCUT2D eigenvalue weighted by Crippen LogP contribution is -2.46. The van der Waals surface area contributed by atoms with E-state index < -0.39 is 0 Å². The van der Waals surface area contributed by atoms with Gasteiger partial charge < -0.3 is 19.9 Å². The molecule has 0 amide bonds. The molecule has 3 rings (SSSR count). The Morgan fingerprint density at radius 3 is 2.64 bits per heavy atom. The quantitative estimate of drug-likeness (QED) is 0.248. The summed E-state index contributed by atoms with van der Waals surface area (Å²) >= 11 is 0. The molecule has 3 aliphatic heterocycles.